The van der Waals surface area contributed by atoms with E-state index < -0.39 is 18.4 Å². The van der Waals surface area contributed by atoms with Gasteiger partial charge in [-0.15, -0.1) is 0 Å². The molecule has 0 saturated carbocycles. The van der Waals surface area contributed by atoms with Crippen LogP contribution in [-0.2, 0) is 0 Å². The third-order valence-electron chi connectivity index (χ3n) is 2.05. The molecule has 2 N–H and O–H groups in total. The van der Waals surface area contributed by atoms with Gasteiger partial charge >= 0.3 is 101 Å². The number of halogens is 1. The third-order valence-corrected chi connectivity index (χ3v) is 18.0. The van der Waals surface area contributed by atoms with Crippen LogP contribution in [0.4, 0.5) is 0 Å². The first kappa shape index (κ1) is 16.1. The summed E-state index contributed by atoms with van der Waals surface area (Å²) in [5, 5.41) is 2.21. The molecule has 1 rings (SSSR count). The van der Waals surface area contributed by atoms with Crippen LogP contribution in [0.1, 0.15) is 31.7 Å². The maximum atomic E-state index is 5.98. The molecule has 0 bridgehead atoms. The molecule has 0 amide bonds. The van der Waals surface area contributed by atoms with Crippen LogP contribution in [0, 0.1) is 0 Å². The molecule has 5 heteroatoms. The summed E-state index contributed by atoms with van der Waals surface area (Å²) < 4.78 is 3.04. The second-order valence-electron chi connectivity index (χ2n) is 3.20. The van der Waals surface area contributed by atoms with Gasteiger partial charge in [-0.3, -0.25) is 0 Å². The van der Waals surface area contributed by atoms with Crippen molar-refractivity contribution in [1.82, 2.24) is 0 Å². The van der Waals surface area contributed by atoms with Gasteiger partial charge in [0.05, 0.1) is 0 Å². The van der Waals surface area contributed by atoms with Crippen molar-refractivity contribution in [2.24, 2.45) is 5.73 Å². The maximum absolute atomic E-state index is 5.98. The summed E-state index contributed by atoms with van der Waals surface area (Å²) in [6.07, 6.45) is 0. The second-order valence-corrected chi connectivity index (χ2v) is 16.8. The number of rotatable bonds is 5. The van der Waals surface area contributed by atoms with Gasteiger partial charge in [-0.2, -0.15) is 0 Å². The van der Waals surface area contributed by atoms with Crippen molar-refractivity contribution in [3.8, 4) is 0 Å². The Morgan fingerprint density at radius 1 is 1.53 bits per heavy atom. The molecule has 0 spiro atoms. The first-order valence-electron chi connectivity index (χ1n) is 5.02. The Labute approximate surface area is 113 Å². The Hall–Kier alpha value is 1.10. The summed E-state index contributed by atoms with van der Waals surface area (Å²) in [7, 11) is 2.21. The number of thiophene rings is 1. The second kappa shape index (κ2) is 8.23. The predicted molar refractivity (Wildman–Crippen MR) is 70.9 cm³/mol. The van der Waals surface area contributed by atoms with Crippen LogP contribution >= 0.6 is 20.3 Å². The zero-order valence-electron chi connectivity index (χ0n) is 9.42. The molecule has 0 aliphatic heterocycles. The van der Waals surface area contributed by atoms with Crippen molar-refractivity contribution < 1.29 is 12.4 Å². The Kier molecular flexibility index (Phi) is 8.83. The van der Waals surface area contributed by atoms with E-state index in [4.69, 9.17) is 5.73 Å². The van der Waals surface area contributed by atoms with E-state index in [0.717, 1.165) is 0 Å². The van der Waals surface area contributed by atoms with Crippen LogP contribution in [0.5, 0.6) is 0 Å². The van der Waals surface area contributed by atoms with Gasteiger partial charge in [0, 0.05) is 0 Å². The van der Waals surface area contributed by atoms with Gasteiger partial charge in [0.1, 0.15) is 0 Å². The summed E-state index contributed by atoms with van der Waals surface area (Å²) in [5.41, 5.74) is 5.98. The minimum absolute atomic E-state index is 0. The SMILES string of the molecule is CC[S][Sn+]([CH2]C)[c]1ccsc1C(C)N.[Cl-]. The normalized spacial score (nSPS) is 12.0. The first-order valence-corrected chi connectivity index (χ1v) is 13.8. The fraction of sp³-hybridized carbons (Fsp3) is 0.600. The summed E-state index contributed by atoms with van der Waals surface area (Å²) in [5.74, 6) is 1.26. The zero-order chi connectivity index (χ0) is 10.6. The number of hydrogen-bond donors (Lipinski definition) is 1. The van der Waals surface area contributed by atoms with Gasteiger partial charge in [-0.1, -0.05) is 0 Å². The fourth-order valence-corrected chi connectivity index (χ4v) is 15.6. The van der Waals surface area contributed by atoms with Gasteiger partial charge in [0.15, 0.2) is 0 Å². The summed E-state index contributed by atoms with van der Waals surface area (Å²) in [4.78, 5) is 1.45. The Morgan fingerprint density at radius 3 is 2.67 bits per heavy atom. The van der Waals surface area contributed by atoms with Gasteiger partial charge < -0.3 is 12.4 Å². The molecular formula is C10H18ClNS2Sn. The van der Waals surface area contributed by atoms with Gasteiger partial charge in [0.25, 0.3) is 0 Å². The van der Waals surface area contributed by atoms with E-state index >= 15 is 0 Å². The molecule has 0 aliphatic rings. The summed E-state index contributed by atoms with van der Waals surface area (Å²) in [6, 6.07) is 2.55. The van der Waals surface area contributed by atoms with Crippen molar-refractivity contribution in [2.45, 2.75) is 31.2 Å². The molecule has 15 heavy (non-hydrogen) atoms. The standard InChI is InChI=1S/C6H8NS.C2H6S.C2H5.ClH.Sn/c1-5(7)6-3-2-4-8-6;1-2-3;1-2;;/h2,4-5H,7H2,1H3;3H,2H2,1H3;1H2,2H3;1H;/q;;;;+2/p-2. The first-order chi connectivity index (χ1) is 6.70. The van der Waals surface area contributed by atoms with Crippen molar-refractivity contribution in [3.05, 3.63) is 16.3 Å². The van der Waals surface area contributed by atoms with Crippen LogP contribution < -0.4 is 21.7 Å². The molecule has 0 aliphatic carbocycles. The number of nitrogens with two attached hydrogens (primary N) is 1. The molecule has 86 valence electrons. The number of hydrogen-bond acceptors (Lipinski definition) is 3. The Balaban J connectivity index is 0.00000196. The van der Waals surface area contributed by atoms with E-state index in [0.29, 0.717) is 0 Å². The van der Waals surface area contributed by atoms with Crippen molar-refractivity contribution in [1.29, 1.82) is 0 Å². The van der Waals surface area contributed by atoms with Crippen LogP contribution in [0.25, 0.3) is 0 Å². The monoisotopic (exact) mass is 371 g/mol. The molecule has 0 aromatic carbocycles. The van der Waals surface area contributed by atoms with Crippen LogP contribution in [0.15, 0.2) is 11.4 Å². The molecule has 0 radical (unpaired) electrons. The molecular weight excluding hydrogens is 352 g/mol. The molecule has 1 unspecified atom stereocenters. The van der Waals surface area contributed by atoms with Crippen molar-refractivity contribution in [2.75, 3.05) is 5.75 Å². The molecule has 1 heterocycles. The van der Waals surface area contributed by atoms with Crippen LogP contribution in [-0.4, -0.2) is 24.1 Å². The van der Waals surface area contributed by atoms with Crippen LogP contribution in [0.3, 0.4) is 0 Å². The maximum Gasteiger partial charge on any atom is -1.00 e. The molecule has 1 aromatic rings. The molecule has 1 atom stereocenters. The Bertz CT molecular complexity index is 278. The van der Waals surface area contributed by atoms with Gasteiger partial charge in [-0.25, -0.2) is 0 Å². The van der Waals surface area contributed by atoms with E-state index in [-0.39, 0.29) is 18.4 Å². The average Bonchev–Trinajstić information content (AvgIpc) is 2.62. The van der Waals surface area contributed by atoms with Gasteiger partial charge in [-0.05, 0) is 0 Å². The van der Waals surface area contributed by atoms with E-state index in [9.17, 15) is 0 Å². The topological polar surface area (TPSA) is 26.0 Å². The van der Waals surface area contributed by atoms with Crippen molar-refractivity contribution >= 4 is 42.2 Å². The Morgan fingerprint density at radius 2 is 2.20 bits per heavy atom. The fourth-order valence-electron chi connectivity index (χ4n) is 1.45. The summed E-state index contributed by atoms with van der Waals surface area (Å²) in [6.45, 7) is 6.70. The van der Waals surface area contributed by atoms with E-state index in [1.807, 2.05) is 11.3 Å². The quantitative estimate of drug-likeness (QED) is 0.723. The third kappa shape index (κ3) is 4.46. The molecule has 1 nitrogen and oxygen atoms in total. The largest absolute Gasteiger partial charge is 1.00 e. The zero-order valence-corrected chi connectivity index (χ0v) is 14.7. The molecule has 0 saturated heterocycles. The predicted octanol–water partition coefficient (Wildman–Crippen LogP) is -0.257. The van der Waals surface area contributed by atoms with E-state index in [1.165, 1.54) is 15.1 Å². The van der Waals surface area contributed by atoms with Crippen molar-refractivity contribution in [3.63, 3.8) is 0 Å². The van der Waals surface area contributed by atoms with Gasteiger partial charge in [0.2, 0.25) is 0 Å². The minimum Gasteiger partial charge on any atom is -1.00 e. The van der Waals surface area contributed by atoms with E-state index in [2.05, 4.69) is 41.2 Å². The molecule has 0 fully saturated rings. The van der Waals surface area contributed by atoms with E-state index in [1.54, 1.807) is 3.58 Å². The minimum atomic E-state index is -1.35. The average molecular weight is 371 g/mol. The van der Waals surface area contributed by atoms with Crippen LogP contribution in [0.2, 0.25) is 4.44 Å². The smallest absolute Gasteiger partial charge is 1.00 e. The summed E-state index contributed by atoms with van der Waals surface area (Å²) >= 11 is 0.484. The molecule has 1 aromatic heterocycles.